The van der Waals surface area contributed by atoms with Crippen LogP contribution in [-0.2, 0) is 55.6 Å². The fourth-order valence-electron chi connectivity index (χ4n) is 6.20. The van der Waals surface area contributed by atoms with E-state index in [1.54, 1.807) is 27.7 Å². The Labute approximate surface area is 351 Å². The molecule has 4 aromatic heterocycles. The van der Waals surface area contributed by atoms with E-state index in [0.29, 0.717) is 22.8 Å². The number of aliphatic hydroxyl groups is 1. The van der Waals surface area contributed by atoms with Crippen molar-refractivity contribution in [2.75, 3.05) is 36.6 Å². The van der Waals surface area contributed by atoms with Crippen LogP contribution in [0.4, 0.5) is 25.6 Å². The SMILES string of the molecule is CC(C)OC(=O)OCSP1(=O)OC[C@H]2O[C@@H](n3cnc4c(N)ccnc43)C(F)[C@H]2OP(=O)(SCOC(=O)OC(C)C)OC[C@H]2O[C@@H](n3cnc4c(=O)[nH]c(N)nc43)C(O1)[C@H]2O. The van der Waals surface area contributed by atoms with Crippen LogP contribution in [0.2, 0.25) is 0 Å². The van der Waals surface area contributed by atoms with Gasteiger partial charge in [0.25, 0.3) is 5.56 Å². The first-order valence-corrected chi connectivity index (χ1v) is 24.4. The number of imidazole rings is 2. The maximum Gasteiger partial charge on any atom is 0.509 e. The Bertz CT molecular complexity index is 2410. The van der Waals surface area contributed by atoms with E-state index in [2.05, 4.69) is 24.9 Å². The second-order valence-corrected chi connectivity index (χ2v) is 21.8. The lowest BCUT2D eigenvalue weighted by Crippen LogP contribution is -2.35. The van der Waals surface area contributed by atoms with E-state index in [4.69, 9.17) is 58.0 Å². The molecule has 10 atom stereocenters. The number of aliphatic hydroxyl groups excluding tert-OH is 1. The Kier molecular flexibility index (Phi) is 13.5. The van der Waals surface area contributed by atoms with E-state index in [1.807, 2.05) is 0 Å². The lowest BCUT2D eigenvalue weighted by Gasteiger charge is -2.28. The van der Waals surface area contributed by atoms with Gasteiger partial charge in [0.15, 0.2) is 47.3 Å². The Balaban J connectivity index is 1.26. The smallest absolute Gasteiger partial charge is 0.432 e. The predicted octanol–water partition coefficient (Wildman–Crippen LogP) is 3.76. The molecular weight excluding hydrogens is 899 g/mol. The summed E-state index contributed by atoms with van der Waals surface area (Å²) in [6.45, 7) is -4.77. The number of halogens is 1. The number of nitrogens with two attached hydrogens (primary N) is 2. The number of H-pyrrole nitrogens is 1. The van der Waals surface area contributed by atoms with Crippen molar-refractivity contribution in [1.82, 2.24) is 34.1 Å². The van der Waals surface area contributed by atoms with E-state index >= 15 is 4.39 Å². The third-order valence-electron chi connectivity index (χ3n) is 8.81. The van der Waals surface area contributed by atoms with Gasteiger partial charge in [-0.25, -0.2) is 38.1 Å². The molecule has 3 fully saturated rings. The Morgan fingerprint density at radius 2 is 1.44 bits per heavy atom. The highest BCUT2D eigenvalue weighted by atomic mass is 32.7. The molecule has 3 aliphatic rings. The number of nitrogens with one attached hydrogen (secondary N) is 1. The number of hydrogen-bond donors (Lipinski definition) is 4. The normalized spacial score (nSPS) is 30.8. The number of carbonyl (C=O) groups excluding carboxylic acids is 2. The molecule has 30 heteroatoms. The molecular formula is C31H40FN9O16P2S2. The Hall–Kier alpha value is -4.08. The number of pyridine rings is 1. The first-order valence-electron chi connectivity index (χ1n) is 18.2. The molecule has 4 aromatic rings. The first kappa shape index (κ1) is 45.0. The van der Waals surface area contributed by atoms with Crippen molar-refractivity contribution < 1.29 is 74.7 Å². The summed E-state index contributed by atoms with van der Waals surface area (Å²) in [6.07, 6.45) is -13.4. The van der Waals surface area contributed by atoms with Crippen LogP contribution in [-0.4, -0.2) is 125 Å². The first-order chi connectivity index (χ1) is 28.9. The zero-order valence-electron chi connectivity index (χ0n) is 32.4. The van der Waals surface area contributed by atoms with E-state index in [0.717, 1.165) is 10.9 Å². The minimum Gasteiger partial charge on any atom is -0.432 e. The van der Waals surface area contributed by atoms with Crippen LogP contribution < -0.4 is 17.0 Å². The number of hydrogen-bond acceptors (Lipinski definition) is 24. The fourth-order valence-corrected chi connectivity index (χ4v) is 11.7. The second kappa shape index (κ2) is 18.3. The van der Waals surface area contributed by atoms with Gasteiger partial charge in [-0.05, 0) is 33.8 Å². The number of alkyl halides is 1. The van der Waals surface area contributed by atoms with Gasteiger partial charge in [0.1, 0.15) is 36.0 Å². The second-order valence-electron chi connectivity index (χ2n) is 13.8. The van der Waals surface area contributed by atoms with Crippen molar-refractivity contribution in [2.45, 2.75) is 89.1 Å². The van der Waals surface area contributed by atoms with Crippen LogP contribution in [0.25, 0.3) is 22.3 Å². The molecule has 0 saturated carbocycles. The fraction of sp³-hybridized carbons (Fsp3) is 0.581. The number of nitrogens with zero attached hydrogens (tertiary/aromatic N) is 6. The Morgan fingerprint density at radius 3 is 2.07 bits per heavy atom. The average molecular weight is 940 g/mol. The quantitative estimate of drug-likeness (QED) is 0.0999. The summed E-state index contributed by atoms with van der Waals surface area (Å²) in [5.74, 6) is -1.69. The van der Waals surface area contributed by atoms with Crippen molar-refractivity contribution in [3.8, 4) is 0 Å². The minimum atomic E-state index is -4.73. The van der Waals surface area contributed by atoms with Crippen molar-refractivity contribution in [2.24, 2.45) is 0 Å². The highest BCUT2D eigenvalue weighted by molar-refractivity contribution is 8.55. The van der Waals surface area contributed by atoms with Crippen LogP contribution in [0.15, 0.2) is 29.7 Å². The van der Waals surface area contributed by atoms with E-state index in [9.17, 15) is 28.6 Å². The summed E-state index contributed by atoms with van der Waals surface area (Å²) in [5, 5.41) is 11.7. The number of nitrogen functional groups attached to an aromatic ring is 2. The largest absolute Gasteiger partial charge is 0.509 e. The van der Waals surface area contributed by atoms with Crippen molar-refractivity contribution in [3.63, 3.8) is 0 Å². The number of fused-ring (bicyclic) bond motifs is 5. The molecule has 25 nitrogen and oxygen atoms in total. The summed E-state index contributed by atoms with van der Waals surface area (Å²) >= 11 is 0.665. The standard InChI is InChI=1S/C31H40FN9O16P2S2/c1-13(2)52-30(44)48-11-60-58(46)50-7-16-21(42)23(28(54-16)41-10-37-20-25(41)38-29(34)39-26(20)43)57-59(47,61-12-49-31(45)53-14(3)4)51-8-17-22(56-58)18(32)27(55-17)40-9-36-19-15(33)5-6-35-24(19)40/h5-6,9-10,13-14,16-18,21-23,27-28,42H,7-8,11-12H2,1-4H3,(H2,33,35)(H3,34,38,39,43)/t16-,17-,18?,21+,22+,23?,27-,28-,58?,59?/m1/s1. The van der Waals surface area contributed by atoms with Crippen LogP contribution in [0.1, 0.15) is 40.2 Å². The number of aromatic amines is 1. The number of aromatic nitrogens is 7. The van der Waals surface area contributed by atoms with Crippen molar-refractivity contribution in [1.29, 1.82) is 0 Å². The minimum absolute atomic E-state index is 0.113. The van der Waals surface area contributed by atoms with Crippen molar-refractivity contribution >= 4 is 82.6 Å². The molecule has 0 amide bonds. The lowest BCUT2D eigenvalue weighted by atomic mass is 10.1. The molecule has 7 rings (SSSR count). The van der Waals surface area contributed by atoms with E-state index in [-0.39, 0.29) is 34.0 Å². The molecule has 334 valence electrons. The average Bonchev–Trinajstić information content (AvgIpc) is 3.94. The van der Waals surface area contributed by atoms with Crippen LogP contribution in [0, 0.1) is 0 Å². The molecule has 61 heavy (non-hydrogen) atoms. The summed E-state index contributed by atoms with van der Waals surface area (Å²) in [7, 11) is 0. The third-order valence-corrected chi connectivity index (χ3v) is 15.5. The molecule has 4 unspecified atom stereocenters. The molecule has 2 bridgehead atoms. The van der Waals surface area contributed by atoms with Gasteiger partial charge in [-0.1, -0.05) is 0 Å². The van der Waals surface area contributed by atoms with Gasteiger partial charge in [-0.15, -0.1) is 0 Å². The number of rotatable bonds is 10. The van der Waals surface area contributed by atoms with E-state index < -0.39 is 118 Å². The molecule has 0 aromatic carbocycles. The maximum atomic E-state index is 16.9. The molecule has 6 N–H and O–H groups in total. The van der Waals surface area contributed by atoms with Gasteiger partial charge in [-0.2, -0.15) is 4.98 Å². The zero-order valence-corrected chi connectivity index (χ0v) is 35.8. The van der Waals surface area contributed by atoms with Gasteiger partial charge >= 0.3 is 25.9 Å². The van der Waals surface area contributed by atoms with Gasteiger partial charge in [0, 0.05) is 29.0 Å². The number of anilines is 2. The highest BCUT2D eigenvalue weighted by Gasteiger charge is 2.55. The summed E-state index contributed by atoms with van der Waals surface area (Å²) in [4.78, 5) is 56.1. The van der Waals surface area contributed by atoms with Gasteiger partial charge in [0.05, 0.1) is 43.8 Å². The molecule has 3 aliphatic heterocycles. The number of carbonyl (C=O) groups is 2. The summed E-state index contributed by atoms with van der Waals surface area (Å²) in [5.41, 5.74) is 11.4. The summed E-state index contributed by atoms with van der Waals surface area (Å²) < 4.78 is 105. The van der Waals surface area contributed by atoms with Gasteiger partial charge < -0.3 is 45.0 Å². The van der Waals surface area contributed by atoms with Gasteiger partial charge in [0.2, 0.25) is 5.95 Å². The monoisotopic (exact) mass is 939 g/mol. The highest BCUT2D eigenvalue weighted by Crippen LogP contribution is 2.66. The Morgan fingerprint density at radius 1 is 0.885 bits per heavy atom. The topological polar surface area (TPSA) is 327 Å². The molecule has 3 saturated heterocycles. The summed E-state index contributed by atoms with van der Waals surface area (Å²) in [6, 6.07) is 1.49. The third kappa shape index (κ3) is 9.94. The van der Waals surface area contributed by atoms with E-state index in [1.165, 1.54) is 23.2 Å². The maximum absolute atomic E-state index is 16.9. The molecule has 0 spiro atoms. The van der Waals surface area contributed by atoms with Crippen LogP contribution >= 0.6 is 36.4 Å². The number of ether oxygens (including phenoxy) is 6. The molecule has 0 aliphatic carbocycles. The molecule has 7 heterocycles. The zero-order chi connectivity index (χ0) is 43.8. The van der Waals surface area contributed by atoms with Gasteiger partial charge in [-0.3, -0.25) is 37.0 Å². The predicted molar refractivity (Wildman–Crippen MR) is 210 cm³/mol. The lowest BCUT2D eigenvalue weighted by molar-refractivity contribution is -0.0569. The molecule has 0 radical (unpaired) electrons. The van der Waals surface area contributed by atoms with Crippen LogP contribution in [0.5, 0.6) is 0 Å². The van der Waals surface area contributed by atoms with Crippen molar-refractivity contribution in [3.05, 3.63) is 35.3 Å². The van der Waals surface area contributed by atoms with Crippen LogP contribution in [0.3, 0.4) is 0 Å².